The van der Waals surface area contributed by atoms with Gasteiger partial charge in [-0.3, -0.25) is 14.5 Å². The highest BCUT2D eigenvalue weighted by Crippen LogP contribution is 2.28. The summed E-state index contributed by atoms with van der Waals surface area (Å²) in [7, 11) is 0. The lowest BCUT2D eigenvalue weighted by atomic mass is 9.98. The van der Waals surface area contributed by atoms with E-state index in [1.54, 1.807) is 0 Å². The van der Waals surface area contributed by atoms with Crippen LogP contribution in [-0.4, -0.2) is 30.4 Å². The van der Waals surface area contributed by atoms with E-state index in [-0.39, 0.29) is 24.4 Å². The van der Waals surface area contributed by atoms with E-state index < -0.39 is 30.0 Å². The van der Waals surface area contributed by atoms with Crippen molar-refractivity contribution >= 4 is 23.5 Å². The minimum atomic E-state index is -1.05. The highest BCUT2D eigenvalue weighted by Gasteiger charge is 2.36. The van der Waals surface area contributed by atoms with Crippen molar-refractivity contribution in [3.8, 4) is 0 Å². The molecule has 1 aromatic rings. The van der Waals surface area contributed by atoms with Gasteiger partial charge in [-0.05, 0) is 18.2 Å². The number of carbonyl (C=O) groups is 3. The number of rotatable bonds is 3. The quantitative estimate of drug-likeness (QED) is 0.856. The summed E-state index contributed by atoms with van der Waals surface area (Å²) < 4.78 is 19.2. The van der Waals surface area contributed by atoms with Crippen LogP contribution in [0.2, 0.25) is 0 Å². The Kier molecular flexibility index (Phi) is 3.73. The number of amides is 2. The van der Waals surface area contributed by atoms with Crippen LogP contribution in [0.1, 0.15) is 18.0 Å². The van der Waals surface area contributed by atoms with Gasteiger partial charge in [0.15, 0.2) is 11.9 Å². The van der Waals surface area contributed by atoms with Gasteiger partial charge in [-0.15, -0.1) is 0 Å². The summed E-state index contributed by atoms with van der Waals surface area (Å²) in [5, 5.41) is 2.92. The number of carbonyl (C=O) groups excluding carboxylic acids is 3. The summed E-state index contributed by atoms with van der Waals surface area (Å²) in [5.41, 5.74) is 5.69. The molecule has 0 aliphatic carbocycles. The number of hydrogen-bond acceptors (Lipinski definition) is 5. The van der Waals surface area contributed by atoms with Crippen LogP contribution in [0.5, 0.6) is 0 Å². The van der Waals surface area contributed by atoms with Crippen molar-refractivity contribution in [2.24, 2.45) is 5.73 Å². The first-order valence-corrected chi connectivity index (χ1v) is 6.98. The lowest BCUT2D eigenvalue weighted by Crippen LogP contribution is -2.32. The van der Waals surface area contributed by atoms with Gasteiger partial charge in [0.05, 0.1) is 18.3 Å². The van der Waals surface area contributed by atoms with Gasteiger partial charge < -0.3 is 15.8 Å². The van der Waals surface area contributed by atoms with E-state index in [9.17, 15) is 18.8 Å². The molecule has 2 aliphatic rings. The van der Waals surface area contributed by atoms with E-state index >= 15 is 0 Å². The Balaban J connectivity index is 1.82. The molecule has 2 aliphatic heterocycles. The van der Waals surface area contributed by atoms with Gasteiger partial charge in [0, 0.05) is 18.2 Å². The predicted octanol–water partition coefficient (Wildman–Crippen LogP) is 0.753. The van der Waals surface area contributed by atoms with Gasteiger partial charge in [-0.25, -0.2) is 9.18 Å². The van der Waals surface area contributed by atoms with Gasteiger partial charge >= 0.3 is 6.09 Å². The Morgan fingerprint density at radius 2 is 2.17 bits per heavy atom. The molecule has 1 unspecified atom stereocenters. The zero-order chi connectivity index (χ0) is 16.6. The molecule has 0 bridgehead atoms. The largest absolute Gasteiger partial charge is 0.434 e. The molecule has 0 saturated carbocycles. The highest BCUT2D eigenvalue weighted by atomic mass is 19.1. The third-order valence-corrected chi connectivity index (χ3v) is 3.77. The van der Waals surface area contributed by atoms with Crippen LogP contribution in [0.3, 0.4) is 0 Å². The Morgan fingerprint density at radius 1 is 1.39 bits per heavy atom. The molecular weight excluding hydrogens is 305 g/mol. The standard InChI is InChI=1S/C15H14FN3O4/c16-11-5-8(19-7-13(14(17)21)23-15(19)22)1-2-10(11)12-6-9(20)3-4-18-12/h1-5,12-13,18H,6-7H2,(H2,17,21)/t12?,13-/m1/s1. The molecule has 7 nitrogen and oxygen atoms in total. The number of allylic oxidation sites excluding steroid dienone is 1. The zero-order valence-electron chi connectivity index (χ0n) is 12.0. The maximum absolute atomic E-state index is 14.4. The smallest absolute Gasteiger partial charge is 0.415 e. The third-order valence-electron chi connectivity index (χ3n) is 3.77. The molecule has 1 aromatic carbocycles. The fourth-order valence-electron chi connectivity index (χ4n) is 2.57. The molecular formula is C15H14FN3O4. The molecule has 8 heteroatoms. The SMILES string of the molecule is NC(=O)[C@H]1CN(c2ccc(C3CC(=O)C=CN3)c(F)c2)C(=O)O1. The molecule has 2 heterocycles. The van der Waals surface area contributed by atoms with E-state index in [1.807, 2.05) is 0 Å². The maximum atomic E-state index is 14.4. The van der Waals surface area contributed by atoms with Gasteiger partial charge in [0.25, 0.3) is 5.91 Å². The lowest BCUT2D eigenvalue weighted by molar-refractivity contribution is -0.124. The zero-order valence-corrected chi connectivity index (χ0v) is 12.0. The maximum Gasteiger partial charge on any atom is 0.415 e. The lowest BCUT2D eigenvalue weighted by Gasteiger charge is -2.21. The number of nitrogens with one attached hydrogen (secondary N) is 1. The second kappa shape index (κ2) is 5.71. The Hall–Kier alpha value is -2.90. The van der Waals surface area contributed by atoms with Gasteiger partial charge in [0.1, 0.15) is 5.82 Å². The van der Waals surface area contributed by atoms with Crippen molar-refractivity contribution in [1.82, 2.24) is 5.32 Å². The molecule has 23 heavy (non-hydrogen) atoms. The van der Waals surface area contributed by atoms with Gasteiger partial charge in [-0.1, -0.05) is 6.07 Å². The second-order valence-electron chi connectivity index (χ2n) is 5.31. The number of anilines is 1. The number of nitrogens with zero attached hydrogens (tertiary/aromatic N) is 1. The normalized spacial score (nSPS) is 23.6. The van der Waals surface area contributed by atoms with Crippen molar-refractivity contribution < 1.29 is 23.5 Å². The number of benzene rings is 1. The van der Waals surface area contributed by atoms with E-state index in [0.717, 1.165) is 4.90 Å². The van der Waals surface area contributed by atoms with Crippen LogP contribution in [0.25, 0.3) is 0 Å². The second-order valence-corrected chi connectivity index (χ2v) is 5.31. The Labute approximate surface area is 130 Å². The average Bonchev–Trinajstić information content (AvgIpc) is 2.89. The molecule has 1 fully saturated rings. The topological polar surface area (TPSA) is 102 Å². The minimum Gasteiger partial charge on any atom is -0.434 e. The van der Waals surface area contributed by atoms with Crippen LogP contribution in [0.4, 0.5) is 14.9 Å². The first-order valence-electron chi connectivity index (χ1n) is 6.98. The van der Waals surface area contributed by atoms with Gasteiger partial charge in [-0.2, -0.15) is 0 Å². The third kappa shape index (κ3) is 2.87. The van der Waals surface area contributed by atoms with Crippen molar-refractivity contribution in [3.05, 3.63) is 41.9 Å². The Bertz CT molecular complexity index is 719. The average molecular weight is 319 g/mol. The first kappa shape index (κ1) is 15.0. The summed E-state index contributed by atoms with van der Waals surface area (Å²) in [5.74, 6) is -1.40. The summed E-state index contributed by atoms with van der Waals surface area (Å²) in [6.07, 6.45) is 1.23. The van der Waals surface area contributed by atoms with E-state index in [2.05, 4.69) is 5.32 Å². The number of ketones is 1. The molecule has 0 spiro atoms. The molecule has 2 amide bonds. The summed E-state index contributed by atoms with van der Waals surface area (Å²) in [6, 6.07) is 3.75. The molecule has 3 N–H and O–H groups in total. The van der Waals surface area contributed by atoms with Crippen LogP contribution >= 0.6 is 0 Å². The predicted molar refractivity (Wildman–Crippen MR) is 77.9 cm³/mol. The molecule has 120 valence electrons. The van der Waals surface area contributed by atoms with Crippen LogP contribution in [0, 0.1) is 5.82 Å². The van der Waals surface area contributed by atoms with Crippen LogP contribution in [0.15, 0.2) is 30.5 Å². The van der Waals surface area contributed by atoms with Crippen molar-refractivity contribution in [2.75, 3.05) is 11.4 Å². The fraction of sp³-hybridized carbons (Fsp3) is 0.267. The summed E-state index contributed by atoms with van der Waals surface area (Å²) in [6.45, 7) is -0.0597. The number of ether oxygens (including phenoxy) is 1. The van der Waals surface area contributed by atoms with Crippen molar-refractivity contribution in [1.29, 1.82) is 0 Å². The van der Waals surface area contributed by atoms with Crippen LogP contribution in [-0.2, 0) is 14.3 Å². The number of nitrogens with two attached hydrogens (primary N) is 1. The minimum absolute atomic E-state index is 0.0597. The van der Waals surface area contributed by atoms with Crippen LogP contribution < -0.4 is 16.0 Å². The molecule has 2 atom stereocenters. The monoisotopic (exact) mass is 319 g/mol. The van der Waals surface area contributed by atoms with E-state index in [1.165, 1.54) is 30.5 Å². The summed E-state index contributed by atoms with van der Waals surface area (Å²) in [4.78, 5) is 35.4. The Morgan fingerprint density at radius 3 is 2.78 bits per heavy atom. The van der Waals surface area contributed by atoms with Gasteiger partial charge in [0.2, 0.25) is 0 Å². The molecule has 0 aromatic heterocycles. The number of primary amides is 1. The number of cyclic esters (lactones) is 1. The molecule has 0 radical (unpaired) electrons. The van der Waals surface area contributed by atoms with Crippen molar-refractivity contribution in [3.63, 3.8) is 0 Å². The number of halogens is 1. The fourth-order valence-corrected chi connectivity index (χ4v) is 2.57. The van der Waals surface area contributed by atoms with E-state index in [0.29, 0.717) is 5.56 Å². The highest BCUT2D eigenvalue weighted by molar-refractivity contribution is 5.95. The number of hydrogen-bond donors (Lipinski definition) is 2. The molecule has 3 rings (SSSR count). The first-order chi connectivity index (χ1) is 11.0. The van der Waals surface area contributed by atoms with E-state index in [4.69, 9.17) is 10.5 Å². The summed E-state index contributed by atoms with van der Waals surface area (Å²) >= 11 is 0. The molecule has 1 saturated heterocycles. The van der Waals surface area contributed by atoms with Crippen molar-refractivity contribution in [2.45, 2.75) is 18.6 Å².